The third kappa shape index (κ3) is 4.72. The number of nitrogens with one attached hydrogen (secondary N) is 2. The molecule has 5 heterocycles. The Hall–Kier alpha value is -3.54. The van der Waals surface area contributed by atoms with Crippen molar-refractivity contribution < 1.29 is 19.1 Å². The molecule has 0 aliphatic carbocycles. The van der Waals surface area contributed by atoms with Crippen LogP contribution in [0.4, 0.5) is 16.5 Å². The topological polar surface area (TPSA) is 109 Å². The van der Waals surface area contributed by atoms with Gasteiger partial charge < -0.3 is 25.0 Å². The van der Waals surface area contributed by atoms with Crippen LogP contribution in [0.5, 0.6) is 5.75 Å². The molecule has 2 fully saturated rings. The summed E-state index contributed by atoms with van der Waals surface area (Å²) in [5.74, 6) is 0.143. The first-order valence-electron chi connectivity index (χ1n) is 12.8. The summed E-state index contributed by atoms with van der Waals surface area (Å²) in [7, 11) is 1.61. The maximum Gasteiger partial charge on any atom is 0.275 e. The van der Waals surface area contributed by atoms with Gasteiger partial charge in [-0.25, -0.2) is 4.98 Å². The number of ether oxygens (including phenoxy) is 2. The molecule has 2 saturated heterocycles. The minimum atomic E-state index is -0.323. The smallest absolute Gasteiger partial charge is 0.275 e. The standard InChI is InChI=1S/C27H30N6O4S/c1-36-10-11-37-19-3-2-18-14-33(25(35)20(18)12-19)26-31-22(15-38-26)24(34)30-21-13-28-7-4-23(21)32-8-5-27(6-9-32)16-29-17-27/h2-4,7,12-13,15,29H,5-6,8-11,14,16-17H2,1H3,(H,30,34). The maximum atomic E-state index is 13.2. The molecule has 0 bridgehead atoms. The van der Waals surface area contributed by atoms with Crippen molar-refractivity contribution in [2.75, 3.05) is 61.6 Å². The molecular weight excluding hydrogens is 504 g/mol. The lowest BCUT2D eigenvalue weighted by Gasteiger charge is -2.49. The Morgan fingerprint density at radius 2 is 2.05 bits per heavy atom. The highest BCUT2D eigenvalue weighted by atomic mass is 32.1. The van der Waals surface area contributed by atoms with Crippen molar-refractivity contribution in [1.29, 1.82) is 0 Å². The van der Waals surface area contributed by atoms with Crippen LogP contribution >= 0.6 is 11.3 Å². The third-order valence-electron chi connectivity index (χ3n) is 7.61. The van der Waals surface area contributed by atoms with Crippen LogP contribution in [0.3, 0.4) is 0 Å². The number of piperidine rings is 1. The number of amides is 2. The fourth-order valence-electron chi connectivity index (χ4n) is 5.26. The van der Waals surface area contributed by atoms with Crippen LogP contribution in [0.25, 0.3) is 0 Å². The molecule has 2 aromatic heterocycles. The van der Waals surface area contributed by atoms with Gasteiger partial charge in [-0.15, -0.1) is 11.3 Å². The maximum absolute atomic E-state index is 13.2. The lowest BCUT2D eigenvalue weighted by atomic mass is 9.73. The number of benzene rings is 1. The summed E-state index contributed by atoms with van der Waals surface area (Å²) in [4.78, 5) is 38.9. The van der Waals surface area contributed by atoms with Gasteiger partial charge in [0.25, 0.3) is 11.8 Å². The number of hydrogen-bond donors (Lipinski definition) is 2. The first kappa shape index (κ1) is 24.8. The molecule has 1 spiro atoms. The fourth-order valence-corrected chi connectivity index (χ4v) is 6.06. The molecule has 0 unspecified atom stereocenters. The summed E-state index contributed by atoms with van der Waals surface area (Å²) in [6.45, 7) is 5.38. The Labute approximate surface area is 225 Å². The fraction of sp³-hybridized carbons (Fsp3) is 0.407. The van der Waals surface area contributed by atoms with E-state index < -0.39 is 0 Å². The van der Waals surface area contributed by atoms with E-state index in [0.29, 0.717) is 47.3 Å². The summed E-state index contributed by atoms with van der Waals surface area (Å²) in [6.07, 6.45) is 5.71. The zero-order chi connectivity index (χ0) is 26.1. The molecule has 2 N–H and O–H groups in total. The highest BCUT2D eigenvalue weighted by molar-refractivity contribution is 7.14. The third-order valence-corrected chi connectivity index (χ3v) is 8.47. The first-order valence-corrected chi connectivity index (χ1v) is 13.7. The number of carbonyl (C=O) groups is 2. The number of rotatable bonds is 8. The molecule has 2 amide bonds. The number of hydrogen-bond acceptors (Lipinski definition) is 9. The molecular formula is C27H30N6O4S. The number of pyridine rings is 1. The molecule has 3 aliphatic heterocycles. The van der Waals surface area contributed by atoms with Gasteiger partial charge in [-0.3, -0.25) is 19.5 Å². The molecule has 198 valence electrons. The van der Waals surface area contributed by atoms with E-state index in [0.717, 1.165) is 50.3 Å². The van der Waals surface area contributed by atoms with Gasteiger partial charge in [-0.1, -0.05) is 6.07 Å². The number of aromatic nitrogens is 2. The van der Waals surface area contributed by atoms with Gasteiger partial charge >= 0.3 is 0 Å². The van der Waals surface area contributed by atoms with Crippen LogP contribution in [-0.2, 0) is 11.3 Å². The predicted molar refractivity (Wildman–Crippen MR) is 145 cm³/mol. The Morgan fingerprint density at radius 3 is 2.82 bits per heavy atom. The number of thiazole rings is 1. The van der Waals surface area contributed by atoms with Crippen LogP contribution < -0.4 is 25.2 Å². The highest BCUT2D eigenvalue weighted by Gasteiger charge is 2.40. The van der Waals surface area contributed by atoms with E-state index in [9.17, 15) is 9.59 Å². The van der Waals surface area contributed by atoms with E-state index in [1.54, 1.807) is 35.8 Å². The van der Waals surface area contributed by atoms with Gasteiger partial charge in [0.05, 0.1) is 30.7 Å². The number of fused-ring (bicyclic) bond motifs is 1. The lowest BCUT2D eigenvalue weighted by Crippen LogP contribution is -2.58. The lowest BCUT2D eigenvalue weighted by molar-refractivity contribution is 0.0991. The summed E-state index contributed by atoms with van der Waals surface area (Å²) in [5.41, 5.74) is 3.83. The van der Waals surface area contributed by atoms with Crippen molar-refractivity contribution in [2.45, 2.75) is 19.4 Å². The molecule has 11 heteroatoms. The van der Waals surface area contributed by atoms with Gasteiger partial charge in [0, 0.05) is 50.4 Å². The molecule has 0 atom stereocenters. The molecule has 3 aliphatic rings. The summed E-state index contributed by atoms with van der Waals surface area (Å²) in [5, 5.41) is 8.56. The van der Waals surface area contributed by atoms with Gasteiger partial charge in [-0.05, 0) is 42.0 Å². The monoisotopic (exact) mass is 534 g/mol. The van der Waals surface area contributed by atoms with Crippen LogP contribution in [0.1, 0.15) is 39.3 Å². The predicted octanol–water partition coefficient (Wildman–Crippen LogP) is 3.17. The quantitative estimate of drug-likeness (QED) is 0.425. The second-order valence-electron chi connectivity index (χ2n) is 10.0. The zero-order valence-corrected chi connectivity index (χ0v) is 22.1. The SMILES string of the molecule is COCCOc1ccc2c(c1)C(=O)N(c1nc(C(=O)Nc3cnccc3N3CCC4(CC3)CNC4)cs1)C2. The Morgan fingerprint density at radius 1 is 1.21 bits per heavy atom. The van der Waals surface area contributed by atoms with E-state index in [4.69, 9.17) is 9.47 Å². The van der Waals surface area contributed by atoms with Gasteiger partial charge in [-0.2, -0.15) is 0 Å². The average molecular weight is 535 g/mol. The van der Waals surface area contributed by atoms with Gasteiger partial charge in [0.15, 0.2) is 5.13 Å². The second-order valence-corrected chi connectivity index (χ2v) is 10.8. The minimum absolute atomic E-state index is 0.155. The normalized spacial score (nSPS) is 17.9. The average Bonchev–Trinajstić information content (AvgIpc) is 3.53. The largest absolute Gasteiger partial charge is 0.491 e. The van der Waals surface area contributed by atoms with Crippen LogP contribution in [0.2, 0.25) is 0 Å². The zero-order valence-electron chi connectivity index (χ0n) is 21.2. The van der Waals surface area contributed by atoms with E-state index in [1.165, 1.54) is 11.3 Å². The van der Waals surface area contributed by atoms with E-state index in [1.807, 2.05) is 18.2 Å². The van der Waals surface area contributed by atoms with Crippen molar-refractivity contribution >= 4 is 39.7 Å². The molecule has 1 aromatic carbocycles. The van der Waals surface area contributed by atoms with Crippen molar-refractivity contribution in [1.82, 2.24) is 15.3 Å². The summed E-state index contributed by atoms with van der Waals surface area (Å²) < 4.78 is 10.7. The Balaban J connectivity index is 1.12. The highest BCUT2D eigenvalue weighted by Crippen LogP contribution is 2.38. The molecule has 0 saturated carbocycles. The van der Waals surface area contributed by atoms with E-state index in [-0.39, 0.29) is 17.5 Å². The van der Waals surface area contributed by atoms with Gasteiger partial charge in [0.2, 0.25) is 0 Å². The summed E-state index contributed by atoms with van der Waals surface area (Å²) in [6, 6.07) is 7.45. The van der Waals surface area contributed by atoms with E-state index >= 15 is 0 Å². The van der Waals surface area contributed by atoms with Crippen LogP contribution in [0, 0.1) is 5.41 Å². The van der Waals surface area contributed by atoms with Crippen molar-refractivity contribution in [3.8, 4) is 5.75 Å². The molecule has 10 nitrogen and oxygen atoms in total. The first-order chi connectivity index (χ1) is 18.5. The van der Waals surface area contributed by atoms with Crippen LogP contribution in [0.15, 0.2) is 42.0 Å². The molecule has 0 radical (unpaired) electrons. The Kier molecular flexibility index (Phi) is 6.73. The minimum Gasteiger partial charge on any atom is -0.491 e. The molecule has 3 aromatic rings. The van der Waals surface area contributed by atoms with Crippen molar-refractivity contribution in [3.63, 3.8) is 0 Å². The van der Waals surface area contributed by atoms with E-state index in [2.05, 4.69) is 25.5 Å². The number of nitrogens with zero attached hydrogens (tertiary/aromatic N) is 4. The Bertz CT molecular complexity index is 1350. The van der Waals surface area contributed by atoms with Crippen molar-refractivity contribution in [2.24, 2.45) is 5.41 Å². The summed E-state index contributed by atoms with van der Waals surface area (Å²) >= 11 is 1.28. The van der Waals surface area contributed by atoms with Crippen LogP contribution in [-0.4, -0.2) is 68.3 Å². The second kappa shape index (κ2) is 10.3. The van der Waals surface area contributed by atoms with Gasteiger partial charge in [0.1, 0.15) is 18.1 Å². The molecule has 6 rings (SSSR count). The van der Waals surface area contributed by atoms with Crippen molar-refractivity contribution in [3.05, 3.63) is 58.9 Å². The number of methoxy groups -OCH3 is 1. The number of anilines is 3. The number of carbonyl (C=O) groups excluding carboxylic acids is 2. The molecule has 38 heavy (non-hydrogen) atoms.